The lowest BCUT2D eigenvalue weighted by atomic mass is 9.96. The van der Waals surface area contributed by atoms with Crippen molar-refractivity contribution in [1.29, 1.82) is 0 Å². The van der Waals surface area contributed by atoms with Crippen LogP contribution < -0.4 is 0 Å². The highest BCUT2D eigenvalue weighted by Gasteiger charge is 2.41. The molecule has 1 N–H and O–H groups in total. The first kappa shape index (κ1) is 17.5. The minimum atomic E-state index is -0.969. The van der Waals surface area contributed by atoms with Crippen LogP contribution in [-0.2, 0) is 14.4 Å². The van der Waals surface area contributed by atoms with E-state index in [4.69, 9.17) is 0 Å². The van der Waals surface area contributed by atoms with E-state index in [1.165, 1.54) is 11.8 Å². The number of carbonyl (C=O) groups excluding carboxylic acids is 2. The maximum absolute atomic E-state index is 12.6. The Balaban J connectivity index is 2.11. The second kappa shape index (κ2) is 7.64. The van der Waals surface area contributed by atoms with Crippen molar-refractivity contribution in [3.63, 3.8) is 0 Å². The molecule has 2 rings (SSSR count). The molecule has 1 aliphatic rings. The Morgan fingerprint density at radius 3 is 2.52 bits per heavy atom. The van der Waals surface area contributed by atoms with Gasteiger partial charge in [-0.2, -0.15) is 0 Å². The predicted octanol–water partition coefficient (Wildman–Crippen LogP) is 2.37. The average Bonchev–Trinajstić information content (AvgIpc) is 2.98. The number of carboxylic acid groups (broad SMARTS) is 1. The zero-order valence-electron chi connectivity index (χ0n) is 13.3. The van der Waals surface area contributed by atoms with Gasteiger partial charge in [0.15, 0.2) is 5.12 Å². The molecule has 1 aromatic rings. The van der Waals surface area contributed by atoms with Gasteiger partial charge in [0.2, 0.25) is 5.91 Å². The number of rotatable bonds is 5. The average molecular weight is 335 g/mol. The minimum absolute atomic E-state index is 0.0360. The Morgan fingerprint density at radius 2 is 1.96 bits per heavy atom. The van der Waals surface area contributed by atoms with E-state index in [1.54, 1.807) is 6.92 Å². The van der Waals surface area contributed by atoms with Crippen molar-refractivity contribution < 1.29 is 19.5 Å². The molecule has 0 spiro atoms. The third-order valence-corrected chi connectivity index (χ3v) is 5.17. The Bertz CT molecular complexity index is 590. The molecule has 0 aromatic heterocycles. The normalized spacial score (nSPS) is 21.9. The van der Waals surface area contributed by atoms with Crippen molar-refractivity contribution in [3.8, 4) is 0 Å². The van der Waals surface area contributed by atoms with Gasteiger partial charge in [0, 0.05) is 31.1 Å². The van der Waals surface area contributed by atoms with Gasteiger partial charge in [0.05, 0.1) is 0 Å². The summed E-state index contributed by atoms with van der Waals surface area (Å²) in [7, 11) is 0. The zero-order chi connectivity index (χ0) is 17.0. The van der Waals surface area contributed by atoms with Gasteiger partial charge in [0.25, 0.3) is 0 Å². The van der Waals surface area contributed by atoms with Crippen molar-refractivity contribution >= 4 is 28.8 Å². The summed E-state index contributed by atoms with van der Waals surface area (Å²) in [6.45, 7) is 3.62. The molecule has 1 aromatic carbocycles. The van der Waals surface area contributed by atoms with Crippen molar-refractivity contribution in [2.45, 2.75) is 32.2 Å². The fourth-order valence-corrected chi connectivity index (χ4v) is 3.50. The molecule has 0 saturated carbocycles. The van der Waals surface area contributed by atoms with Crippen molar-refractivity contribution in [2.24, 2.45) is 5.92 Å². The summed E-state index contributed by atoms with van der Waals surface area (Å²) in [4.78, 5) is 36.6. The van der Waals surface area contributed by atoms with Crippen LogP contribution in [0.4, 0.5) is 0 Å². The third kappa shape index (κ3) is 4.34. The molecule has 1 fully saturated rings. The van der Waals surface area contributed by atoms with Crippen molar-refractivity contribution in [3.05, 3.63) is 35.9 Å². The molecule has 5 nitrogen and oxygen atoms in total. The molecule has 1 amide bonds. The van der Waals surface area contributed by atoms with E-state index in [-0.39, 0.29) is 22.9 Å². The molecule has 23 heavy (non-hydrogen) atoms. The van der Waals surface area contributed by atoms with Crippen LogP contribution in [0.15, 0.2) is 30.3 Å². The van der Waals surface area contributed by atoms with Gasteiger partial charge in [-0.3, -0.25) is 9.59 Å². The van der Waals surface area contributed by atoms with E-state index in [9.17, 15) is 19.5 Å². The van der Waals surface area contributed by atoms with E-state index < -0.39 is 12.0 Å². The molecule has 0 aliphatic carbocycles. The Morgan fingerprint density at radius 1 is 1.30 bits per heavy atom. The van der Waals surface area contributed by atoms with Crippen LogP contribution in [0.25, 0.3) is 0 Å². The standard InChI is InChI=1S/C17H21NO4S/c1-11(10-23-12(2)19)16(20)18-9-14(8-15(18)17(21)22)13-6-4-3-5-7-13/h3-7,11,14-15H,8-10H2,1-2H3,(H,21,22)/t11?,14?,15-/m0/s1. The highest BCUT2D eigenvalue weighted by Crippen LogP contribution is 2.33. The highest BCUT2D eigenvalue weighted by atomic mass is 32.2. The second-order valence-corrected chi connectivity index (χ2v) is 7.09. The van der Waals surface area contributed by atoms with Crippen LogP contribution in [0.2, 0.25) is 0 Å². The van der Waals surface area contributed by atoms with E-state index in [0.29, 0.717) is 18.7 Å². The first-order valence-corrected chi connectivity index (χ1v) is 8.60. The van der Waals surface area contributed by atoms with E-state index in [1.807, 2.05) is 30.3 Å². The van der Waals surface area contributed by atoms with E-state index >= 15 is 0 Å². The topological polar surface area (TPSA) is 74.7 Å². The number of carboxylic acids is 1. The Kier molecular flexibility index (Phi) is 5.82. The Hall–Kier alpha value is -1.82. The fourth-order valence-electron chi connectivity index (χ4n) is 2.88. The number of thioether (sulfide) groups is 1. The molecular weight excluding hydrogens is 314 g/mol. The van der Waals surface area contributed by atoms with Gasteiger partial charge in [-0.15, -0.1) is 0 Å². The Labute approximate surface area is 140 Å². The molecule has 1 aliphatic heterocycles. The maximum Gasteiger partial charge on any atom is 0.326 e. The van der Waals surface area contributed by atoms with Crippen LogP contribution in [-0.4, -0.2) is 45.3 Å². The summed E-state index contributed by atoms with van der Waals surface area (Å²) >= 11 is 1.10. The van der Waals surface area contributed by atoms with Gasteiger partial charge >= 0.3 is 5.97 Å². The number of hydrogen-bond donors (Lipinski definition) is 1. The molecular formula is C17H21NO4S. The lowest BCUT2D eigenvalue weighted by Gasteiger charge is -2.24. The summed E-state index contributed by atoms with van der Waals surface area (Å²) in [6, 6.07) is 8.89. The fraction of sp³-hybridized carbons (Fsp3) is 0.471. The molecule has 124 valence electrons. The second-order valence-electron chi connectivity index (χ2n) is 5.89. The van der Waals surface area contributed by atoms with Crippen LogP contribution in [0, 0.1) is 5.92 Å². The summed E-state index contributed by atoms with van der Waals surface area (Å²) < 4.78 is 0. The van der Waals surface area contributed by atoms with Gasteiger partial charge in [0.1, 0.15) is 6.04 Å². The van der Waals surface area contributed by atoms with E-state index in [2.05, 4.69) is 0 Å². The SMILES string of the molecule is CC(=O)SCC(C)C(=O)N1CC(c2ccccc2)C[C@H]1C(=O)O. The molecule has 1 heterocycles. The van der Waals surface area contributed by atoms with Gasteiger partial charge in [-0.25, -0.2) is 4.79 Å². The van der Waals surface area contributed by atoms with Gasteiger partial charge in [-0.1, -0.05) is 49.0 Å². The van der Waals surface area contributed by atoms with Crippen molar-refractivity contribution in [2.75, 3.05) is 12.3 Å². The number of nitrogens with zero attached hydrogens (tertiary/aromatic N) is 1. The first-order chi connectivity index (χ1) is 10.9. The number of likely N-dealkylation sites (tertiary alicyclic amines) is 1. The zero-order valence-corrected chi connectivity index (χ0v) is 14.1. The number of benzene rings is 1. The highest BCUT2D eigenvalue weighted by molar-refractivity contribution is 8.13. The summed E-state index contributed by atoms with van der Waals surface area (Å²) in [5.74, 6) is -1.12. The molecule has 0 bridgehead atoms. The van der Waals surface area contributed by atoms with Crippen LogP contribution >= 0.6 is 11.8 Å². The quantitative estimate of drug-likeness (QED) is 0.894. The predicted molar refractivity (Wildman–Crippen MR) is 89.2 cm³/mol. The number of carbonyl (C=O) groups is 3. The molecule has 3 atom stereocenters. The summed E-state index contributed by atoms with van der Waals surface area (Å²) in [5, 5.41) is 9.41. The molecule has 2 unspecified atom stereocenters. The summed E-state index contributed by atoms with van der Waals surface area (Å²) in [6.07, 6.45) is 0.428. The first-order valence-electron chi connectivity index (χ1n) is 7.61. The lowest BCUT2D eigenvalue weighted by Crippen LogP contribution is -2.43. The smallest absolute Gasteiger partial charge is 0.326 e. The molecule has 6 heteroatoms. The number of amides is 1. The van der Waals surface area contributed by atoms with Crippen molar-refractivity contribution in [1.82, 2.24) is 4.90 Å². The van der Waals surface area contributed by atoms with Gasteiger partial charge < -0.3 is 10.0 Å². The lowest BCUT2D eigenvalue weighted by molar-refractivity contribution is -0.149. The van der Waals surface area contributed by atoms with Gasteiger partial charge in [-0.05, 0) is 12.0 Å². The minimum Gasteiger partial charge on any atom is -0.480 e. The number of hydrogen-bond acceptors (Lipinski definition) is 4. The van der Waals surface area contributed by atoms with Crippen LogP contribution in [0.3, 0.4) is 0 Å². The van der Waals surface area contributed by atoms with Crippen LogP contribution in [0.5, 0.6) is 0 Å². The van der Waals surface area contributed by atoms with E-state index in [0.717, 1.165) is 17.3 Å². The monoisotopic (exact) mass is 335 g/mol. The largest absolute Gasteiger partial charge is 0.480 e. The molecule has 0 radical (unpaired) electrons. The maximum atomic E-state index is 12.6. The number of aliphatic carboxylic acids is 1. The summed E-state index contributed by atoms with van der Waals surface area (Å²) in [5.41, 5.74) is 1.06. The molecule has 1 saturated heterocycles. The third-order valence-electron chi connectivity index (χ3n) is 4.10. The van der Waals surface area contributed by atoms with Crippen LogP contribution in [0.1, 0.15) is 31.7 Å².